The van der Waals surface area contributed by atoms with Crippen LogP contribution in [0.3, 0.4) is 0 Å². The smallest absolute Gasteiger partial charge is 0.320 e. The van der Waals surface area contributed by atoms with E-state index in [1.165, 1.54) is 31.2 Å². The van der Waals surface area contributed by atoms with Crippen molar-refractivity contribution >= 4 is 6.03 Å². The molecule has 2 amide bonds. The highest BCUT2D eigenvalue weighted by Gasteiger charge is 2.37. The summed E-state index contributed by atoms with van der Waals surface area (Å²) in [6.07, 6.45) is 4.86. The topological polar surface area (TPSA) is 26.8 Å². The summed E-state index contributed by atoms with van der Waals surface area (Å²) in [6, 6.07) is 11.6. The van der Waals surface area contributed by atoms with Crippen molar-refractivity contribution in [2.24, 2.45) is 5.92 Å². The lowest BCUT2D eigenvalue weighted by atomic mass is 9.94. The second-order valence-corrected chi connectivity index (χ2v) is 7.39. The van der Waals surface area contributed by atoms with Gasteiger partial charge in [-0.2, -0.15) is 0 Å². The number of nitrogens with zero attached hydrogens (tertiary/aromatic N) is 3. The maximum atomic E-state index is 12.8. The van der Waals surface area contributed by atoms with Crippen LogP contribution in [0.4, 0.5) is 4.79 Å². The second kappa shape index (κ2) is 6.52. The Labute approximate surface area is 139 Å². The predicted octanol–water partition coefficient (Wildman–Crippen LogP) is 2.80. The molecule has 0 aromatic heterocycles. The van der Waals surface area contributed by atoms with Gasteiger partial charge < -0.3 is 9.80 Å². The first-order valence-electron chi connectivity index (χ1n) is 9.11. The molecular weight excluding hydrogens is 286 g/mol. The first-order valence-corrected chi connectivity index (χ1v) is 9.11. The van der Waals surface area contributed by atoms with E-state index in [9.17, 15) is 4.79 Å². The van der Waals surface area contributed by atoms with Gasteiger partial charge in [0.25, 0.3) is 0 Å². The Balaban J connectivity index is 1.45. The fourth-order valence-corrected chi connectivity index (χ4v) is 4.46. The number of hydrogen-bond donors (Lipinski definition) is 0. The quantitative estimate of drug-likeness (QED) is 0.839. The third-order valence-electron chi connectivity index (χ3n) is 5.70. The Kier molecular flexibility index (Phi) is 4.25. The number of hydrogen-bond acceptors (Lipinski definition) is 2. The molecule has 4 saturated heterocycles. The molecule has 4 nitrogen and oxygen atoms in total. The van der Waals surface area contributed by atoms with E-state index in [1.54, 1.807) is 0 Å². The summed E-state index contributed by atoms with van der Waals surface area (Å²) in [7, 11) is 0. The molecule has 2 atom stereocenters. The highest BCUT2D eigenvalue weighted by molar-refractivity contribution is 5.74. The maximum absolute atomic E-state index is 12.8. The first kappa shape index (κ1) is 15.0. The van der Waals surface area contributed by atoms with Gasteiger partial charge in [-0.1, -0.05) is 30.3 Å². The Morgan fingerprint density at radius 1 is 0.957 bits per heavy atom. The molecule has 4 fully saturated rings. The third kappa shape index (κ3) is 3.23. The van der Waals surface area contributed by atoms with E-state index in [1.807, 2.05) is 0 Å². The second-order valence-electron chi connectivity index (χ2n) is 7.39. The van der Waals surface area contributed by atoms with E-state index in [0.29, 0.717) is 18.0 Å². The van der Waals surface area contributed by atoms with E-state index in [4.69, 9.17) is 0 Å². The number of rotatable bonds is 2. The lowest BCUT2D eigenvalue weighted by Gasteiger charge is -2.36. The van der Waals surface area contributed by atoms with Gasteiger partial charge in [0.15, 0.2) is 0 Å². The van der Waals surface area contributed by atoms with Crippen LogP contribution >= 0.6 is 0 Å². The number of fused-ring (bicyclic) bond motifs is 4. The molecule has 23 heavy (non-hydrogen) atoms. The van der Waals surface area contributed by atoms with Gasteiger partial charge in [-0.05, 0) is 37.2 Å². The Morgan fingerprint density at radius 2 is 1.74 bits per heavy atom. The summed E-state index contributed by atoms with van der Waals surface area (Å²) in [4.78, 5) is 19.6. The molecule has 2 bridgehead atoms. The lowest BCUT2D eigenvalue weighted by Crippen LogP contribution is -2.46. The third-order valence-corrected chi connectivity index (χ3v) is 5.70. The van der Waals surface area contributed by atoms with Crippen LogP contribution in [0.1, 0.15) is 31.2 Å². The molecule has 1 aromatic rings. The van der Waals surface area contributed by atoms with E-state index in [2.05, 4.69) is 45.0 Å². The molecular formula is C19H27N3O. The van der Waals surface area contributed by atoms with Crippen molar-refractivity contribution in [1.29, 1.82) is 0 Å². The molecule has 0 N–H and O–H groups in total. The Morgan fingerprint density at radius 3 is 2.52 bits per heavy atom. The van der Waals surface area contributed by atoms with E-state index in [-0.39, 0.29) is 0 Å². The zero-order valence-corrected chi connectivity index (χ0v) is 13.9. The average Bonchev–Trinajstić information content (AvgIpc) is 2.97. The first-order chi connectivity index (χ1) is 11.3. The van der Waals surface area contributed by atoms with Crippen molar-refractivity contribution < 1.29 is 4.79 Å². The highest BCUT2D eigenvalue weighted by atomic mass is 16.2. The molecule has 124 valence electrons. The summed E-state index contributed by atoms with van der Waals surface area (Å²) < 4.78 is 0. The number of benzene rings is 1. The monoisotopic (exact) mass is 313 g/mol. The van der Waals surface area contributed by atoms with Gasteiger partial charge >= 0.3 is 6.03 Å². The van der Waals surface area contributed by atoms with Crippen LogP contribution in [-0.4, -0.2) is 59.5 Å². The van der Waals surface area contributed by atoms with Gasteiger partial charge in [-0.15, -0.1) is 0 Å². The van der Waals surface area contributed by atoms with Crippen LogP contribution in [-0.2, 0) is 6.54 Å². The Bertz CT molecular complexity index is 541. The van der Waals surface area contributed by atoms with Gasteiger partial charge in [-0.3, -0.25) is 4.90 Å². The van der Waals surface area contributed by atoms with Crippen LogP contribution in [0.25, 0.3) is 0 Å². The van der Waals surface area contributed by atoms with Crippen LogP contribution in [0.5, 0.6) is 0 Å². The normalized spacial score (nSPS) is 28.2. The summed E-state index contributed by atoms with van der Waals surface area (Å²) in [5.74, 6) is 0.643. The summed E-state index contributed by atoms with van der Waals surface area (Å²) in [6.45, 7) is 5.95. The number of carbonyl (C=O) groups is 1. The summed E-state index contributed by atoms with van der Waals surface area (Å²) in [5.41, 5.74) is 1.39. The van der Waals surface area contributed by atoms with Crippen LogP contribution in [0.2, 0.25) is 0 Å². The molecule has 0 saturated carbocycles. The summed E-state index contributed by atoms with van der Waals surface area (Å²) >= 11 is 0. The van der Waals surface area contributed by atoms with E-state index in [0.717, 1.165) is 39.3 Å². The number of piperidine rings is 1. The number of urea groups is 1. The largest absolute Gasteiger partial charge is 0.325 e. The van der Waals surface area contributed by atoms with Crippen LogP contribution in [0.15, 0.2) is 30.3 Å². The van der Waals surface area contributed by atoms with Crippen LogP contribution < -0.4 is 0 Å². The molecule has 4 aliphatic rings. The minimum absolute atomic E-state index is 0.293. The van der Waals surface area contributed by atoms with Gasteiger partial charge in [0.05, 0.1) is 0 Å². The number of amides is 2. The zero-order chi connectivity index (χ0) is 15.6. The fourth-order valence-electron chi connectivity index (χ4n) is 4.46. The predicted molar refractivity (Wildman–Crippen MR) is 91.1 cm³/mol. The van der Waals surface area contributed by atoms with Crippen molar-refractivity contribution in [3.05, 3.63) is 35.9 Å². The molecule has 0 aliphatic carbocycles. The lowest BCUT2D eigenvalue weighted by molar-refractivity contribution is 0.122. The minimum atomic E-state index is 0.293. The maximum Gasteiger partial charge on any atom is 0.320 e. The standard InChI is InChI=1S/C19H27N3O/c23-19(20-10-4-5-11-20)22-14-17-8-9-18(15-22)21(13-17)12-16-6-2-1-3-7-16/h1-3,6-7,17-18H,4-5,8-15H2/t17-,18-/m1/s1. The minimum Gasteiger partial charge on any atom is -0.325 e. The van der Waals surface area contributed by atoms with E-state index < -0.39 is 0 Å². The van der Waals surface area contributed by atoms with Gasteiger partial charge in [-0.25, -0.2) is 4.79 Å². The molecule has 1 aromatic carbocycles. The van der Waals surface area contributed by atoms with Crippen molar-refractivity contribution in [2.75, 3.05) is 32.7 Å². The zero-order valence-electron chi connectivity index (χ0n) is 13.9. The van der Waals surface area contributed by atoms with Crippen molar-refractivity contribution in [3.8, 4) is 0 Å². The van der Waals surface area contributed by atoms with Crippen molar-refractivity contribution in [2.45, 2.75) is 38.3 Å². The summed E-state index contributed by atoms with van der Waals surface area (Å²) in [5, 5.41) is 0. The van der Waals surface area contributed by atoms with Gasteiger partial charge in [0, 0.05) is 45.3 Å². The molecule has 5 rings (SSSR count). The average molecular weight is 313 g/mol. The SMILES string of the molecule is O=C(N1CCCC1)N1C[C@@H]2CC[C@H](C1)N(Cc1ccccc1)C2. The molecule has 4 heteroatoms. The fraction of sp³-hybridized carbons (Fsp3) is 0.632. The van der Waals surface area contributed by atoms with Crippen molar-refractivity contribution in [1.82, 2.24) is 14.7 Å². The number of carbonyl (C=O) groups excluding carboxylic acids is 1. The van der Waals surface area contributed by atoms with E-state index >= 15 is 0 Å². The van der Waals surface area contributed by atoms with Crippen LogP contribution in [0, 0.1) is 5.92 Å². The van der Waals surface area contributed by atoms with Gasteiger partial charge in [0.2, 0.25) is 0 Å². The highest BCUT2D eigenvalue weighted by Crippen LogP contribution is 2.30. The molecule has 4 heterocycles. The molecule has 0 radical (unpaired) electrons. The molecule has 4 aliphatic heterocycles. The van der Waals surface area contributed by atoms with Gasteiger partial charge in [0.1, 0.15) is 0 Å². The number of likely N-dealkylation sites (tertiary alicyclic amines) is 1. The molecule has 0 spiro atoms. The van der Waals surface area contributed by atoms with Crippen molar-refractivity contribution in [3.63, 3.8) is 0 Å². The Hall–Kier alpha value is -1.55. The molecule has 0 unspecified atom stereocenters.